The van der Waals surface area contributed by atoms with Crippen molar-refractivity contribution in [2.24, 2.45) is 0 Å². The summed E-state index contributed by atoms with van der Waals surface area (Å²) in [6.07, 6.45) is 1.69. The first-order chi connectivity index (χ1) is 15.4. The molecule has 0 saturated carbocycles. The molecule has 2 aromatic carbocycles. The van der Waals surface area contributed by atoms with E-state index in [1.165, 1.54) is 0 Å². The minimum Gasteiger partial charge on any atom is -0.494 e. The van der Waals surface area contributed by atoms with E-state index in [-0.39, 0.29) is 0 Å². The van der Waals surface area contributed by atoms with Crippen LogP contribution in [0.5, 0.6) is 5.75 Å². The molecule has 0 radical (unpaired) electrons. The van der Waals surface area contributed by atoms with Gasteiger partial charge >= 0.3 is 0 Å². The van der Waals surface area contributed by atoms with Crippen molar-refractivity contribution in [3.8, 4) is 17.3 Å². The van der Waals surface area contributed by atoms with E-state index in [1.54, 1.807) is 13.3 Å². The Morgan fingerprint density at radius 3 is 2.62 bits per heavy atom. The van der Waals surface area contributed by atoms with Gasteiger partial charge in [-0.15, -0.1) is 0 Å². The van der Waals surface area contributed by atoms with Crippen LogP contribution < -0.4 is 20.7 Å². The van der Waals surface area contributed by atoms with Crippen molar-refractivity contribution in [2.45, 2.75) is 0 Å². The third-order valence-corrected chi connectivity index (χ3v) is 5.18. The van der Waals surface area contributed by atoms with Gasteiger partial charge in [0.1, 0.15) is 11.4 Å². The molecule has 0 bridgehead atoms. The Morgan fingerprint density at radius 1 is 1.06 bits per heavy atom. The zero-order valence-corrected chi connectivity index (χ0v) is 18.8. The number of hydrogen-bond acceptors (Lipinski definition) is 8. The molecule has 0 aliphatic rings. The summed E-state index contributed by atoms with van der Waals surface area (Å²) in [5, 5.41) is 3.23. The first kappa shape index (κ1) is 21.4. The van der Waals surface area contributed by atoms with Crippen molar-refractivity contribution in [3.63, 3.8) is 0 Å². The van der Waals surface area contributed by atoms with E-state index in [0.717, 1.165) is 29.8 Å². The predicted octanol–water partition coefficient (Wildman–Crippen LogP) is 3.35. The quantitative estimate of drug-likeness (QED) is 0.364. The minimum atomic E-state index is 0.425. The molecule has 0 unspecified atom stereocenters. The van der Waals surface area contributed by atoms with E-state index >= 15 is 0 Å². The number of nitrogens with one attached hydrogen (secondary N) is 2. The van der Waals surface area contributed by atoms with Crippen molar-refractivity contribution < 1.29 is 4.74 Å². The molecule has 2 aromatic heterocycles. The number of fused-ring (bicyclic) bond motifs is 1. The van der Waals surface area contributed by atoms with Gasteiger partial charge in [-0.2, -0.15) is 0 Å². The van der Waals surface area contributed by atoms with Crippen LogP contribution in [-0.4, -0.2) is 66.2 Å². The number of ether oxygens (including phenoxy) is 1. The molecule has 9 nitrogen and oxygen atoms in total. The van der Waals surface area contributed by atoms with Gasteiger partial charge in [0.05, 0.1) is 35.2 Å². The molecule has 166 valence electrons. The Kier molecular flexibility index (Phi) is 6.09. The number of rotatable bonds is 8. The number of imidazole rings is 1. The zero-order chi connectivity index (χ0) is 22.7. The lowest BCUT2D eigenvalue weighted by Gasteiger charge is -2.24. The van der Waals surface area contributed by atoms with Crippen molar-refractivity contribution in [1.82, 2.24) is 24.8 Å². The maximum Gasteiger partial charge on any atom is 0.227 e. The van der Waals surface area contributed by atoms with Gasteiger partial charge in [0, 0.05) is 32.4 Å². The molecule has 0 aliphatic carbocycles. The van der Waals surface area contributed by atoms with Crippen molar-refractivity contribution in [1.29, 1.82) is 0 Å². The van der Waals surface area contributed by atoms with E-state index in [9.17, 15) is 0 Å². The fraction of sp³-hybridized carbons (Fsp3) is 0.261. The molecule has 4 rings (SSSR count). The van der Waals surface area contributed by atoms with Crippen LogP contribution >= 0.6 is 0 Å². The molecule has 0 saturated heterocycles. The maximum atomic E-state index is 6.36. The summed E-state index contributed by atoms with van der Waals surface area (Å²) in [5.41, 5.74) is 11.1. The lowest BCUT2D eigenvalue weighted by Crippen LogP contribution is -2.29. The van der Waals surface area contributed by atoms with Gasteiger partial charge in [0.2, 0.25) is 5.95 Å². The Morgan fingerprint density at radius 2 is 1.88 bits per heavy atom. The predicted molar refractivity (Wildman–Crippen MR) is 130 cm³/mol. The number of benzene rings is 2. The summed E-state index contributed by atoms with van der Waals surface area (Å²) in [5.74, 6) is 1.76. The van der Waals surface area contributed by atoms with E-state index in [0.29, 0.717) is 34.6 Å². The summed E-state index contributed by atoms with van der Waals surface area (Å²) < 4.78 is 5.61. The van der Waals surface area contributed by atoms with Crippen LogP contribution in [0.1, 0.15) is 0 Å². The number of nitrogens with two attached hydrogens (primary N) is 1. The number of aromatic nitrogens is 4. The van der Waals surface area contributed by atoms with Crippen LogP contribution in [0.2, 0.25) is 0 Å². The highest BCUT2D eigenvalue weighted by Gasteiger charge is 2.14. The standard InChI is InChI=1S/C23H28N8O/c1-30(2)11-12-31(3)20-14-21(32-4)19(13-15(20)24)29-23-25-10-9-18(28-23)22-26-16-7-5-6-8-17(16)27-22/h5-10,13-14H,11-12,24H2,1-4H3,(H,26,27)(H,25,28,29). The normalized spacial score (nSPS) is 11.2. The van der Waals surface area contributed by atoms with Crippen LogP contribution in [0.25, 0.3) is 22.6 Å². The highest BCUT2D eigenvalue weighted by Crippen LogP contribution is 2.36. The fourth-order valence-corrected chi connectivity index (χ4v) is 3.40. The third-order valence-electron chi connectivity index (χ3n) is 5.18. The van der Waals surface area contributed by atoms with Gasteiger partial charge in [-0.3, -0.25) is 0 Å². The number of methoxy groups -OCH3 is 1. The van der Waals surface area contributed by atoms with Crippen LogP contribution in [0, 0.1) is 0 Å². The summed E-state index contributed by atoms with van der Waals surface area (Å²) >= 11 is 0. The van der Waals surface area contributed by atoms with E-state index < -0.39 is 0 Å². The van der Waals surface area contributed by atoms with Gasteiger partial charge in [-0.25, -0.2) is 15.0 Å². The molecule has 0 fully saturated rings. The second-order valence-corrected chi connectivity index (χ2v) is 7.83. The fourth-order valence-electron chi connectivity index (χ4n) is 3.40. The SMILES string of the molecule is COc1cc(N(C)CCN(C)C)c(N)cc1Nc1nccc(-c2nc3ccccc3[nH]2)n1. The number of anilines is 4. The highest BCUT2D eigenvalue weighted by molar-refractivity contribution is 5.80. The second-order valence-electron chi connectivity index (χ2n) is 7.83. The van der Waals surface area contributed by atoms with E-state index in [1.807, 2.05) is 63.6 Å². The van der Waals surface area contributed by atoms with Crippen LogP contribution in [0.15, 0.2) is 48.7 Å². The van der Waals surface area contributed by atoms with E-state index in [4.69, 9.17) is 10.5 Å². The number of nitrogen functional groups attached to an aromatic ring is 1. The molecule has 9 heteroatoms. The van der Waals surface area contributed by atoms with Gasteiger partial charge in [-0.05, 0) is 38.4 Å². The topological polar surface area (TPSA) is 108 Å². The molecule has 4 aromatic rings. The van der Waals surface area contributed by atoms with Crippen LogP contribution in [0.4, 0.5) is 23.0 Å². The summed E-state index contributed by atoms with van der Waals surface area (Å²) in [4.78, 5) is 21.1. The number of aromatic amines is 1. The molecule has 0 aliphatic heterocycles. The smallest absolute Gasteiger partial charge is 0.227 e. The minimum absolute atomic E-state index is 0.425. The lowest BCUT2D eigenvalue weighted by atomic mass is 10.2. The Balaban J connectivity index is 1.60. The molecule has 4 N–H and O–H groups in total. The van der Waals surface area contributed by atoms with Crippen LogP contribution in [0.3, 0.4) is 0 Å². The van der Waals surface area contributed by atoms with E-state index in [2.05, 4.69) is 35.1 Å². The Bertz CT molecular complexity index is 1190. The molecular weight excluding hydrogens is 404 g/mol. The number of H-pyrrole nitrogens is 1. The monoisotopic (exact) mass is 432 g/mol. The van der Waals surface area contributed by atoms with Crippen molar-refractivity contribution in [3.05, 3.63) is 48.7 Å². The summed E-state index contributed by atoms with van der Waals surface area (Å²) in [6.45, 7) is 1.76. The molecule has 0 amide bonds. The lowest BCUT2D eigenvalue weighted by molar-refractivity contribution is 0.413. The number of hydrogen-bond donors (Lipinski definition) is 3. The molecule has 0 atom stereocenters. The molecular formula is C23H28N8O. The second kappa shape index (κ2) is 9.11. The average molecular weight is 433 g/mol. The molecule has 2 heterocycles. The Hall–Kier alpha value is -3.85. The summed E-state index contributed by atoms with van der Waals surface area (Å²) in [7, 11) is 7.74. The number of para-hydroxylation sites is 2. The zero-order valence-electron chi connectivity index (χ0n) is 18.8. The van der Waals surface area contributed by atoms with Crippen molar-refractivity contribution in [2.75, 3.05) is 57.3 Å². The summed E-state index contributed by atoms with van der Waals surface area (Å²) in [6, 6.07) is 13.5. The third kappa shape index (κ3) is 4.57. The highest BCUT2D eigenvalue weighted by atomic mass is 16.5. The van der Waals surface area contributed by atoms with Gasteiger partial charge < -0.3 is 30.6 Å². The largest absolute Gasteiger partial charge is 0.494 e. The maximum absolute atomic E-state index is 6.36. The van der Waals surface area contributed by atoms with Gasteiger partial charge in [0.15, 0.2) is 5.82 Å². The van der Waals surface area contributed by atoms with Gasteiger partial charge in [-0.1, -0.05) is 12.1 Å². The molecule has 0 spiro atoms. The average Bonchev–Trinajstić information content (AvgIpc) is 3.22. The van der Waals surface area contributed by atoms with Crippen molar-refractivity contribution >= 4 is 34.0 Å². The van der Waals surface area contributed by atoms with Gasteiger partial charge in [0.25, 0.3) is 0 Å². The number of nitrogens with zero attached hydrogens (tertiary/aromatic N) is 5. The van der Waals surface area contributed by atoms with Crippen LogP contribution in [-0.2, 0) is 0 Å². The number of likely N-dealkylation sites (N-methyl/N-ethyl adjacent to an activating group) is 2. The first-order valence-corrected chi connectivity index (χ1v) is 10.3. The molecule has 32 heavy (non-hydrogen) atoms. The Labute approximate surface area is 187 Å². The first-order valence-electron chi connectivity index (χ1n) is 10.3.